The average Bonchev–Trinajstić information content (AvgIpc) is 1.56. The second-order valence-electron chi connectivity index (χ2n) is 30.9. The largest absolute Gasteiger partial charge is 0.309 e. The second-order valence-corrected chi connectivity index (χ2v) is 30.9. The summed E-state index contributed by atoms with van der Waals surface area (Å²) in [6.07, 6.45) is 1.97. The van der Waals surface area contributed by atoms with Crippen molar-refractivity contribution in [2.24, 2.45) is 0 Å². The van der Waals surface area contributed by atoms with Crippen LogP contribution in [0.25, 0.3) is 149 Å². The minimum absolute atomic E-state index is 0.192. The van der Waals surface area contributed by atoms with E-state index in [9.17, 15) is 0 Å². The molecule has 1 aromatic heterocycles. The fourth-order valence-electron chi connectivity index (χ4n) is 19.8. The van der Waals surface area contributed by atoms with Gasteiger partial charge in [0.25, 0.3) is 0 Å². The molecule has 18 aromatic carbocycles. The predicted molar refractivity (Wildman–Crippen MR) is 459 cm³/mol. The topological polar surface area (TPSA) is 4.93 Å². The lowest BCUT2D eigenvalue weighted by Gasteiger charge is -2.17. The summed E-state index contributed by atoms with van der Waals surface area (Å²) in [5.41, 5.74) is 45.3. The molecule has 3 unspecified atom stereocenters. The fourth-order valence-corrected chi connectivity index (χ4v) is 19.8. The summed E-state index contributed by atoms with van der Waals surface area (Å²) >= 11 is 0. The van der Waals surface area contributed by atoms with Crippen LogP contribution < -0.4 is 0 Å². The number of aromatic nitrogens is 1. The van der Waals surface area contributed by atoms with Crippen molar-refractivity contribution < 1.29 is 0 Å². The molecule has 512 valence electrons. The van der Waals surface area contributed by atoms with Crippen molar-refractivity contribution in [1.29, 1.82) is 0 Å². The number of nitrogens with zero attached hydrogens (tertiary/aromatic N) is 1. The Morgan fingerprint density at radius 3 is 1.16 bits per heavy atom. The van der Waals surface area contributed by atoms with E-state index in [1.807, 2.05) is 0 Å². The maximum absolute atomic E-state index is 2.53. The molecule has 24 rings (SSSR count). The molecule has 110 heavy (non-hydrogen) atoms. The summed E-state index contributed by atoms with van der Waals surface area (Å²) < 4.78 is 2.48. The molecule has 0 bridgehead atoms. The van der Waals surface area contributed by atoms with E-state index in [-0.39, 0.29) is 17.8 Å². The third-order valence-corrected chi connectivity index (χ3v) is 24.9. The Labute approximate surface area is 640 Å². The standard InChI is InChI=1S/C55H36.C54H35N/c1-2-11-34(12-3-1)37-16-10-17-41(27-37)54-46-20-9-8-19-45(46)50-30-38(23-25-47(50)54)39-24-26-48-51(31-39)52-33-49-43(29-40-15-6-7-18-44(40)49)32-53(52)55(48)42-22-21-35-13-4-5-14-36(35)28-42;1-2-11-34(12-3-1)36-16-10-17-41(27-36)54-46-20-9-8-19-45(46)49-30-38(22-25-47(49)54)39-23-26-52-50(31-39)51-32-42-28-40-15-6-7-18-44(40)48(42)33-53(51)55(52)43-24-21-35-13-4-5-14-37(35)29-43/h1-28,30-33,54-55H,29H2;1-27,29-33,54H,28H2. The van der Waals surface area contributed by atoms with Gasteiger partial charge in [-0.1, -0.05) is 328 Å². The van der Waals surface area contributed by atoms with Gasteiger partial charge < -0.3 is 4.57 Å². The highest BCUT2D eigenvalue weighted by Gasteiger charge is 2.36. The quantitative estimate of drug-likeness (QED) is 0.143. The Bertz CT molecular complexity index is 7040. The van der Waals surface area contributed by atoms with Gasteiger partial charge in [0.1, 0.15) is 0 Å². The average molecular weight is 1390 g/mol. The van der Waals surface area contributed by atoms with Crippen molar-refractivity contribution >= 4 is 43.4 Å². The summed E-state index contributed by atoms with van der Waals surface area (Å²) in [6, 6.07) is 146. The molecule has 19 aromatic rings. The molecular weight excluding hydrogens is 1320 g/mol. The third-order valence-electron chi connectivity index (χ3n) is 24.9. The highest BCUT2D eigenvalue weighted by molar-refractivity contribution is 6.13. The Hall–Kier alpha value is -13.7. The van der Waals surface area contributed by atoms with Crippen LogP contribution in [0, 0.1) is 0 Å². The van der Waals surface area contributed by atoms with Gasteiger partial charge in [0.2, 0.25) is 0 Å². The molecule has 0 radical (unpaired) electrons. The molecule has 1 heteroatoms. The van der Waals surface area contributed by atoms with E-state index in [2.05, 4.69) is 393 Å². The van der Waals surface area contributed by atoms with Crippen LogP contribution in [0.15, 0.2) is 388 Å². The molecular formula is C109H71N. The molecule has 3 atom stereocenters. The Balaban J connectivity index is 0.000000132. The molecule has 0 saturated heterocycles. The first-order chi connectivity index (χ1) is 54.5. The van der Waals surface area contributed by atoms with E-state index < -0.39 is 0 Å². The number of benzene rings is 18. The molecule has 5 aliphatic carbocycles. The van der Waals surface area contributed by atoms with Gasteiger partial charge >= 0.3 is 0 Å². The van der Waals surface area contributed by atoms with Gasteiger partial charge in [0, 0.05) is 34.2 Å². The lowest BCUT2D eigenvalue weighted by Crippen LogP contribution is -2.00. The van der Waals surface area contributed by atoms with E-state index >= 15 is 0 Å². The summed E-state index contributed by atoms with van der Waals surface area (Å²) in [5, 5.41) is 7.69. The zero-order valence-corrected chi connectivity index (χ0v) is 60.5. The van der Waals surface area contributed by atoms with Gasteiger partial charge in [-0.3, -0.25) is 0 Å². The SMILES string of the molecule is c1ccc(-c2cccc(C3c4ccccc4-c4cc(-c5ccc6c(c5)-c5cc7c(cc5C6c5ccc6ccccc6c5)Cc5ccccc5-7)ccc43)c2)cc1.c1ccc(-c2cccc(C3c4ccccc4-c4cc(-c5ccc6c(c5)c5cc7c(cc5n6-c5ccc6ccccc6c5)-c5ccccc5C7)ccc43)c2)cc1. The van der Waals surface area contributed by atoms with Crippen LogP contribution in [-0.2, 0) is 12.8 Å². The smallest absolute Gasteiger partial charge is 0.0547 e. The van der Waals surface area contributed by atoms with Crippen LogP contribution in [0.5, 0.6) is 0 Å². The van der Waals surface area contributed by atoms with Gasteiger partial charge in [-0.2, -0.15) is 0 Å². The van der Waals surface area contributed by atoms with Crippen molar-refractivity contribution in [1.82, 2.24) is 4.57 Å². The van der Waals surface area contributed by atoms with Gasteiger partial charge in [-0.05, 0) is 268 Å². The van der Waals surface area contributed by atoms with Gasteiger partial charge in [0.15, 0.2) is 0 Å². The minimum atomic E-state index is 0.192. The third kappa shape index (κ3) is 10.0. The Morgan fingerprint density at radius 2 is 0.582 bits per heavy atom. The maximum atomic E-state index is 2.53. The molecule has 1 heterocycles. The molecule has 0 aliphatic heterocycles. The van der Waals surface area contributed by atoms with Gasteiger partial charge in [-0.25, -0.2) is 0 Å². The molecule has 0 saturated carbocycles. The molecule has 1 nitrogen and oxygen atoms in total. The minimum Gasteiger partial charge on any atom is -0.309 e. The van der Waals surface area contributed by atoms with Crippen LogP contribution in [0.4, 0.5) is 0 Å². The number of hydrogen-bond donors (Lipinski definition) is 0. The molecule has 0 spiro atoms. The van der Waals surface area contributed by atoms with Crippen molar-refractivity contribution in [3.63, 3.8) is 0 Å². The zero-order valence-electron chi connectivity index (χ0n) is 60.5. The first-order valence-corrected chi connectivity index (χ1v) is 38.8. The predicted octanol–water partition coefficient (Wildman–Crippen LogP) is 28.1. The first kappa shape index (κ1) is 62.5. The van der Waals surface area contributed by atoms with Crippen LogP contribution in [-0.4, -0.2) is 4.57 Å². The highest BCUT2D eigenvalue weighted by Crippen LogP contribution is 2.56. The van der Waals surface area contributed by atoms with Crippen molar-refractivity contribution in [3.8, 4) is 106 Å². The summed E-state index contributed by atoms with van der Waals surface area (Å²) in [6.45, 7) is 0. The number of hydrogen-bond acceptors (Lipinski definition) is 0. The van der Waals surface area contributed by atoms with Gasteiger partial charge in [0.05, 0.1) is 11.0 Å². The maximum Gasteiger partial charge on any atom is 0.0547 e. The van der Waals surface area contributed by atoms with E-state index in [4.69, 9.17) is 0 Å². The fraction of sp³-hybridized carbons (Fsp3) is 0.0459. The number of fused-ring (bicyclic) bond motifs is 20. The molecule has 0 N–H and O–H groups in total. The van der Waals surface area contributed by atoms with Crippen molar-refractivity contribution in [2.75, 3.05) is 0 Å². The zero-order chi connectivity index (χ0) is 72.1. The van der Waals surface area contributed by atoms with Crippen LogP contribution in [0.2, 0.25) is 0 Å². The molecule has 0 fully saturated rings. The summed E-state index contributed by atoms with van der Waals surface area (Å²) in [7, 11) is 0. The van der Waals surface area contributed by atoms with Crippen LogP contribution in [0.3, 0.4) is 0 Å². The van der Waals surface area contributed by atoms with Gasteiger partial charge in [-0.15, -0.1) is 0 Å². The lowest BCUT2D eigenvalue weighted by atomic mass is 9.86. The lowest BCUT2D eigenvalue weighted by molar-refractivity contribution is 1.01. The second kappa shape index (κ2) is 24.9. The van der Waals surface area contributed by atoms with E-state index in [0.29, 0.717) is 0 Å². The Morgan fingerprint density at radius 1 is 0.182 bits per heavy atom. The highest BCUT2D eigenvalue weighted by atomic mass is 15.0. The van der Waals surface area contributed by atoms with E-state index in [1.165, 1.54) is 222 Å². The monoisotopic (exact) mass is 1390 g/mol. The molecule has 5 aliphatic rings. The normalized spacial score (nSPS) is 14.7. The first-order valence-electron chi connectivity index (χ1n) is 38.8. The Kier molecular flexibility index (Phi) is 14.2. The number of rotatable bonds is 8. The van der Waals surface area contributed by atoms with Crippen molar-refractivity contribution in [2.45, 2.75) is 30.6 Å². The van der Waals surface area contributed by atoms with E-state index in [0.717, 1.165) is 12.8 Å². The molecule has 0 amide bonds. The van der Waals surface area contributed by atoms with Crippen molar-refractivity contribution in [3.05, 3.63) is 461 Å². The summed E-state index contributed by atoms with van der Waals surface area (Å²) in [5.74, 6) is 0.581. The van der Waals surface area contributed by atoms with E-state index in [1.54, 1.807) is 0 Å². The van der Waals surface area contributed by atoms with Crippen LogP contribution in [0.1, 0.15) is 90.1 Å². The summed E-state index contributed by atoms with van der Waals surface area (Å²) in [4.78, 5) is 0. The van der Waals surface area contributed by atoms with Crippen LogP contribution >= 0.6 is 0 Å².